The van der Waals surface area contributed by atoms with Crippen molar-refractivity contribution >= 4 is 21.7 Å². The molecular weight excluding hydrogens is 434 g/mol. The lowest BCUT2D eigenvalue weighted by Crippen LogP contribution is -2.41. The van der Waals surface area contributed by atoms with Crippen LogP contribution in [-0.4, -0.2) is 50.2 Å². The van der Waals surface area contributed by atoms with Crippen molar-refractivity contribution in [3.8, 4) is 23.0 Å². The van der Waals surface area contributed by atoms with Crippen molar-refractivity contribution in [3.05, 3.63) is 52.3 Å². The molecule has 0 radical (unpaired) electrons. The number of nitrogens with zero attached hydrogens (tertiary/aromatic N) is 1. The van der Waals surface area contributed by atoms with Gasteiger partial charge in [-0.1, -0.05) is 6.07 Å². The normalized spacial score (nSPS) is 24.2. The van der Waals surface area contributed by atoms with E-state index in [-0.39, 0.29) is 35.9 Å². The van der Waals surface area contributed by atoms with E-state index in [1.165, 1.54) is 0 Å². The predicted octanol–water partition coefficient (Wildman–Crippen LogP) is 2.68. The van der Waals surface area contributed by atoms with Crippen LogP contribution in [0.25, 0.3) is 6.08 Å². The van der Waals surface area contributed by atoms with Gasteiger partial charge in [-0.25, -0.2) is 8.42 Å². The summed E-state index contributed by atoms with van der Waals surface area (Å²) < 4.78 is 46.7. The first-order valence-corrected chi connectivity index (χ1v) is 12.3. The summed E-state index contributed by atoms with van der Waals surface area (Å²) >= 11 is 0. The maximum atomic E-state index is 13.2. The number of Topliss-reactive ketones (excluding diaryl/α,β-unsaturated/α-hetero) is 1. The van der Waals surface area contributed by atoms with Crippen molar-refractivity contribution in [3.63, 3.8) is 0 Å². The van der Waals surface area contributed by atoms with Gasteiger partial charge in [0.15, 0.2) is 27.1 Å². The summed E-state index contributed by atoms with van der Waals surface area (Å²) in [5.74, 6) is 2.86. The molecule has 0 bridgehead atoms. The number of carbonyl (C=O) groups excluding carboxylic acids is 1. The van der Waals surface area contributed by atoms with E-state index in [0.29, 0.717) is 48.3 Å². The minimum Gasteiger partial charge on any atom is -0.478 e. The van der Waals surface area contributed by atoms with Crippen LogP contribution in [0.3, 0.4) is 0 Å². The van der Waals surface area contributed by atoms with Crippen molar-refractivity contribution in [2.24, 2.45) is 0 Å². The van der Waals surface area contributed by atoms with E-state index < -0.39 is 9.84 Å². The molecule has 0 aromatic heterocycles. The Kier molecular flexibility index (Phi) is 4.28. The minimum absolute atomic E-state index is 0.0918. The molecule has 0 spiro atoms. The van der Waals surface area contributed by atoms with Crippen LogP contribution in [0, 0.1) is 6.92 Å². The van der Waals surface area contributed by atoms with Gasteiger partial charge in [0.2, 0.25) is 12.6 Å². The number of ketones is 1. The largest absolute Gasteiger partial charge is 0.478 e. The molecule has 32 heavy (non-hydrogen) atoms. The Balaban J connectivity index is 1.33. The summed E-state index contributed by atoms with van der Waals surface area (Å²) in [5.41, 5.74) is 2.87. The van der Waals surface area contributed by atoms with Crippen LogP contribution in [0.5, 0.6) is 23.0 Å². The Morgan fingerprint density at radius 2 is 1.94 bits per heavy atom. The fraction of sp³-hybridized carbons (Fsp3) is 0.348. The van der Waals surface area contributed by atoms with Crippen molar-refractivity contribution < 1.29 is 32.2 Å². The lowest BCUT2D eigenvalue weighted by molar-refractivity contribution is 0.0633. The SMILES string of the molecule is Cc1cc2c(c3c1C(=O)/C(=C/c1ccc4c(c1)OCO4)O3)CN(C1CCS(=O)(=O)C1)CO2. The summed E-state index contributed by atoms with van der Waals surface area (Å²) in [6.07, 6.45) is 2.28. The Labute approximate surface area is 185 Å². The molecule has 4 aliphatic heterocycles. The first-order chi connectivity index (χ1) is 15.4. The quantitative estimate of drug-likeness (QED) is 0.639. The second-order valence-electron chi connectivity index (χ2n) is 8.50. The molecule has 8 nitrogen and oxygen atoms in total. The third-order valence-electron chi connectivity index (χ3n) is 6.37. The number of benzene rings is 2. The topological polar surface area (TPSA) is 91.4 Å². The number of allylic oxidation sites excluding steroid dienone is 1. The third-order valence-corrected chi connectivity index (χ3v) is 8.12. The molecule has 2 aromatic rings. The highest BCUT2D eigenvalue weighted by molar-refractivity contribution is 7.91. The number of hydrogen-bond acceptors (Lipinski definition) is 8. The zero-order valence-electron chi connectivity index (χ0n) is 17.4. The number of fused-ring (bicyclic) bond motifs is 4. The molecule has 0 N–H and O–H groups in total. The number of sulfone groups is 1. The van der Waals surface area contributed by atoms with E-state index in [1.807, 2.05) is 30.0 Å². The Hall–Kier alpha value is -3.04. The molecule has 9 heteroatoms. The average molecular weight is 455 g/mol. The summed E-state index contributed by atoms with van der Waals surface area (Å²) in [6.45, 7) is 2.84. The average Bonchev–Trinajstić information content (AvgIpc) is 3.45. The molecule has 1 atom stereocenters. The van der Waals surface area contributed by atoms with E-state index in [2.05, 4.69) is 0 Å². The van der Waals surface area contributed by atoms with E-state index in [9.17, 15) is 13.2 Å². The van der Waals surface area contributed by atoms with Crippen LogP contribution in [-0.2, 0) is 16.4 Å². The fourth-order valence-corrected chi connectivity index (χ4v) is 6.46. The Morgan fingerprint density at radius 3 is 2.75 bits per heavy atom. The summed E-state index contributed by atoms with van der Waals surface area (Å²) in [4.78, 5) is 15.2. The molecular formula is C23H21NO7S. The molecule has 166 valence electrons. The van der Waals surface area contributed by atoms with E-state index in [4.69, 9.17) is 18.9 Å². The number of ether oxygens (including phenoxy) is 4. The van der Waals surface area contributed by atoms with Crippen LogP contribution in [0.4, 0.5) is 0 Å². The summed E-state index contributed by atoms with van der Waals surface area (Å²) in [7, 11) is -3.01. The van der Waals surface area contributed by atoms with E-state index in [0.717, 1.165) is 16.7 Å². The first kappa shape index (κ1) is 19.6. The second kappa shape index (κ2) is 6.98. The zero-order valence-corrected chi connectivity index (χ0v) is 18.2. The second-order valence-corrected chi connectivity index (χ2v) is 10.7. The number of hydrogen-bond donors (Lipinski definition) is 0. The van der Waals surface area contributed by atoms with Gasteiger partial charge in [0.25, 0.3) is 0 Å². The van der Waals surface area contributed by atoms with E-state index in [1.54, 1.807) is 12.1 Å². The molecule has 1 saturated heterocycles. The molecule has 4 heterocycles. The van der Waals surface area contributed by atoms with Gasteiger partial charge in [0, 0.05) is 12.6 Å². The molecule has 1 unspecified atom stereocenters. The Bertz CT molecular complexity index is 1300. The minimum atomic E-state index is -3.01. The summed E-state index contributed by atoms with van der Waals surface area (Å²) in [6, 6.07) is 7.22. The first-order valence-electron chi connectivity index (χ1n) is 10.5. The van der Waals surface area contributed by atoms with Gasteiger partial charge in [-0.15, -0.1) is 0 Å². The van der Waals surface area contributed by atoms with Crippen LogP contribution in [0.15, 0.2) is 30.0 Å². The van der Waals surface area contributed by atoms with Crippen LogP contribution in [0.2, 0.25) is 0 Å². The smallest absolute Gasteiger partial charge is 0.232 e. The molecule has 0 saturated carbocycles. The van der Waals surface area contributed by atoms with Gasteiger partial charge in [-0.3, -0.25) is 9.69 Å². The number of carbonyl (C=O) groups is 1. The number of aryl methyl sites for hydroxylation is 1. The molecule has 6 rings (SSSR count). The Morgan fingerprint density at radius 1 is 1.09 bits per heavy atom. The van der Waals surface area contributed by atoms with Gasteiger partial charge in [0.1, 0.15) is 18.2 Å². The maximum Gasteiger partial charge on any atom is 0.232 e. The van der Waals surface area contributed by atoms with Crippen LogP contribution < -0.4 is 18.9 Å². The molecule has 0 amide bonds. The zero-order chi connectivity index (χ0) is 22.0. The van der Waals surface area contributed by atoms with E-state index >= 15 is 0 Å². The van der Waals surface area contributed by atoms with Gasteiger partial charge in [-0.05, 0) is 48.7 Å². The lowest BCUT2D eigenvalue weighted by Gasteiger charge is -2.33. The van der Waals surface area contributed by atoms with Crippen molar-refractivity contribution in [1.82, 2.24) is 4.90 Å². The van der Waals surface area contributed by atoms with Crippen molar-refractivity contribution in [2.45, 2.75) is 25.9 Å². The lowest BCUT2D eigenvalue weighted by atomic mass is 9.98. The van der Waals surface area contributed by atoms with Crippen molar-refractivity contribution in [1.29, 1.82) is 0 Å². The highest BCUT2D eigenvalue weighted by Gasteiger charge is 2.39. The van der Waals surface area contributed by atoms with Gasteiger partial charge < -0.3 is 18.9 Å². The van der Waals surface area contributed by atoms with Gasteiger partial charge in [-0.2, -0.15) is 0 Å². The fourth-order valence-electron chi connectivity index (χ4n) is 4.70. The van der Waals surface area contributed by atoms with Crippen molar-refractivity contribution in [2.75, 3.05) is 25.0 Å². The summed E-state index contributed by atoms with van der Waals surface area (Å²) in [5, 5.41) is 0. The monoisotopic (exact) mass is 455 g/mol. The molecule has 4 aliphatic rings. The van der Waals surface area contributed by atoms with Gasteiger partial charge >= 0.3 is 0 Å². The standard InChI is InChI=1S/C23H21NO7S/c1-13-6-18-16(9-24(11-28-18)15-4-5-32(26,27)10-15)23-21(13)22(25)20(31-23)8-14-2-3-17-19(7-14)30-12-29-17/h2-3,6-8,15H,4-5,9-12H2,1H3/b20-8-. The highest BCUT2D eigenvalue weighted by atomic mass is 32.2. The van der Waals surface area contributed by atoms with Crippen LogP contribution in [0.1, 0.15) is 33.5 Å². The molecule has 1 fully saturated rings. The highest BCUT2D eigenvalue weighted by Crippen LogP contribution is 2.45. The molecule has 0 aliphatic carbocycles. The predicted molar refractivity (Wildman–Crippen MR) is 115 cm³/mol. The van der Waals surface area contributed by atoms with Crippen LogP contribution >= 0.6 is 0 Å². The molecule has 2 aromatic carbocycles. The number of rotatable bonds is 2. The van der Waals surface area contributed by atoms with Gasteiger partial charge in [0.05, 0.1) is 22.6 Å². The third kappa shape index (κ3) is 3.15. The maximum absolute atomic E-state index is 13.2.